The maximum Gasteiger partial charge on any atom is 0.407 e. The molecule has 32 heavy (non-hydrogen) atoms. The van der Waals surface area contributed by atoms with Crippen LogP contribution in [-0.2, 0) is 9.59 Å². The number of primary amides is 1. The van der Waals surface area contributed by atoms with Crippen molar-refractivity contribution in [1.29, 1.82) is 0 Å². The molecule has 0 spiro atoms. The first kappa shape index (κ1) is 23.3. The van der Waals surface area contributed by atoms with Crippen LogP contribution in [0.4, 0.5) is 4.79 Å². The van der Waals surface area contributed by atoms with Gasteiger partial charge in [0.25, 0.3) is 0 Å². The first-order valence-corrected chi connectivity index (χ1v) is 12.1. The Morgan fingerprint density at radius 1 is 1.00 bits per heavy atom. The Morgan fingerprint density at radius 3 is 2.09 bits per heavy atom. The first-order chi connectivity index (χ1) is 14.7. The van der Waals surface area contributed by atoms with Crippen LogP contribution in [0.15, 0.2) is 0 Å². The van der Waals surface area contributed by atoms with Gasteiger partial charge in [0.2, 0.25) is 11.8 Å². The molecule has 4 saturated carbocycles. The lowest BCUT2D eigenvalue weighted by Gasteiger charge is -2.59. The Morgan fingerprint density at radius 2 is 1.59 bits per heavy atom. The summed E-state index contributed by atoms with van der Waals surface area (Å²) >= 11 is 0. The van der Waals surface area contributed by atoms with Gasteiger partial charge in [-0.3, -0.25) is 14.5 Å². The van der Waals surface area contributed by atoms with Crippen LogP contribution in [0.1, 0.15) is 66.7 Å². The molecule has 0 aromatic rings. The van der Waals surface area contributed by atoms with Gasteiger partial charge in [-0.25, -0.2) is 4.79 Å². The van der Waals surface area contributed by atoms with Crippen molar-refractivity contribution >= 4 is 17.9 Å². The van der Waals surface area contributed by atoms with Crippen molar-refractivity contribution in [2.24, 2.45) is 34.3 Å². The van der Waals surface area contributed by atoms with Gasteiger partial charge in [0.05, 0.1) is 11.6 Å². The average molecular weight is 449 g/mol. The van der Waals surface area contributed by atoms with Crippen LogP contribution < -0.4 is 11.1 Å². The van der Waals surface area contributed by atoms with Crippen molar-refractivity contribution in [2.75, 3.05) is 19.6 Å². The van der Waals surface area contributed by atoms with E-state index in [0.29, 0.717) is 37.4 Å². The van der Waals surface area contributed by atoms with Gasteiger partial charge in [-0.2, -0.15) is 0 Å². The molecule has 3 amide bonds. The van der Waals surface area contributed by atoms with E-state index in [-0.39, 0.29) is 34.7 Å². The van der Waals surface area contributed by atoms with E-state index in [1.54, 1.807) is 0 Å². The van der Waals surface area contributed by atoms with Crippen molar-refractivity contribution in [3.63, 3.8) is 0 Å². The fourth-order valence-corrected chi connectivity index (χ4v) is 7.29. The summed E-state index contributed by atoms with van der Waals surface area (Å²) in [6.45, 7) is 11.5. The molecule has 5 aliphatic rings. The summed E-state index contributed by atoms with van der Waals surface area (Å²) in [6, 6.07) is -0.0815. The van der Waals surface area contributed by atoms with Crippen LogP contribution in [0.3, 0.4) is 0 Å². The number of amides is 3. The minimum Gasteiger partial charge on any atom is -0.465 e. The van der Waals surface area contributed by atoms with Gasteiger partial charge < -0.3 is 21.1 Å². The second-order valence-corrected chi connectivity index (χ2v) is 12.5. The molecule has 0 radical (unpaired) electrons. The number of carbonyl (C=O) groups excluding carboxylic acids is 2. The van der Waals surface area contributed by atoms with Gasteiger partial charge in [-0.1, -0.05) is 20.8 Å². The zero-order chi connectivity index (χ0) is 23.6. The number of hydrogen-bond acceptors (Lipinski definition) is 4. The molecule has 3 unspecified atom stereocenters. The monoisotopic (exact) mass is 448 g/mol. The molecule has 1 saturated heterocycles. The molecule has 1 heterocycles. The standard InChI is InChI=1S/C24H40N4O4/c1-22(2,3)17-13-27(6-7-28(17)21(31)32)23(4,5)20(30)26-18-15-8-14-9-16(18)12-24(10-14,11-15)19(25)29/h14-18H,6-13H2,1-5H3,(H2,25,29)(H,26,30)(H,31,32). The predicted octanol–water partition coefficient (Wildman–Crippen LogP) is 2.27. The van der Waals surface area contributed by atoms with Crippen molar-refractivity contribution in [2.45, 2.75) is 84.3 Å². The summed E-state index contributed by atoms with van der Waals surface area (Å²) in [5.41, 5.74) is 4.47. The maximum absolute atomic E-state index is 13.6. The molecule has 1 aliphatic heterocycles. The van der Waals surface area contributed by atoms with Crippen LogP contribution >= 0.6 is 0 Å². The largest absolute Gasteiger partial charge is 0.465 e. The van der Waals surface area contributed by atoms with E-state index in [1.165, 1.54) is 4.90 Å². The third-order valence-electron chi connectivity index (χ3n) is 9.07. The van der Waals surface area contributed by atoms with E-state index in [1.807, 2.05) is 34.6 Å². The van der Waals surface area contributed by atoms with Gasteiger partial charge in [0.15, 0.2) is 0 Å². The molecule has 0 aromatic heterocycles. The smallest absolute Gasteiger partial charge is 0.407 e. The van der Waals surface area contributed by atoms with Crippen LogP contribution in [0.5, 0.6) is 0 Å². The van der Waals surface area contributed by atoms with E-state index in [9.17, 15) is 19.5 Å². The molecule has 4 bridgehead atoms. The highest BCUT2D eigenvalue weighted by Crippen LogP contribution is 2.60. The SMILES string of the molecule is CC(C)(C)C1CN(C(C)(C)C(=O)NC2C3CC4CC2CC(C(N)=O)(C4)C3)CCN1C(=O)O. The van der Waals surface area contributed by atoms with Crippen molar-refractivity contribution in [3.8, 4) is 0 Å². The lowest BCUT2D eigenvalue weighted by atomic mass is 9.47. The van der Waals surface area contributed by atoms with Crippen molar-refractivity contribution in [3.05, 3.63) is 0 Å². The van der Waals surface area contributed by atoms with Crippen molar-refractivity contribution in [1.82, 2.24) is 15.1 Å². The summed E-state index contributed by atoms with van der Waals surface area (Å²) in [5, 5.41) is 13.0. The van der Waals surface area contributed by atoms with Gasteiger partial charge in [-0.15, -0.1) is 0 Å². The molecule has 0 aromatic carbocycles. The summed E-state index contributed by atoms with van der Waals surface area (Å²) in [5.74, 6) is 1.03. The molecule has 8 heteroatoms. The Hall–Kier alpha value is -1.83. The number of piperazine rings is 1. The molecule has 4 N–H and O–H groups in total. The molecule has 5 fully saturated rings. The first-order valence-electron chi connectivity index (χ1n) is 12.1. The van der Waals surface area contributed by atoms with Gasteiger partial charge in [-0.05, 0) is 69.1 Å². The second-order valence-electron chi connectivity index (χ2n) is 12.5. The molecule has 180 valence electrons. The number of hydrogen-bond donors (Lipinski definition) is 3. The Balaban J connectivity index is 1.47. The molecule has 3 atom stereocenters. The molecular formula is C24H40N4O4. The number of nitrogens with two attached hydrogens (primary N) is 1. The van der Waals surface area contributed by atoms with E-state index in [0.717, 1.165) is 32.1 Å². The summed E-state index contributed by atoms with van der Waals surface area (Å²) in [4.78, 5) is 41.2. The lowest BCUT2D eigenvalue weighted by Crippen LogP contribution is -2.68. The molecule has 5 rings (SSSR count). The minimum absolute atomic E-state index is 0.000433. The second kappa shape index (κ2) is 7.61. The normalized spacial score (nSPS) is 37.4. The highest BCUT2D eigenvalue weighted by atomic mass is 16.4. The van der Waals surface area contributed by atoms with E-state index in [4.69, 9.17) is 5.73 Å². The van der Waals surface area contributed by atoms with Gasteiger partial charge in [0, 0.05) is 31.1 Å². The summed E-state index contributed by atoms with van der Waals surface area (Å²) in [6.07, 6.45) is 3.75. The van der Waals surface area contributed by atoms with Crippen molar-refractivity contribution < 1.29 is 19.5 Å². The van der Waals surface area contributed by atoms with E-state index < -0.39 is 11.6 Å². The predicted molar refractivity (Wildman–Crippen MR) is 121 cm³/mol. The van der Waals surface area contributed by atoms with Crippen LogP contribution in [0.25, 0.3) is 0 Å². The lowest BCUT2D eigenvalue weighted by molar-refractivity contribution is -0.150. The molecular weight excluding hydrogens is 408 g/mol. The van der Waals surface area contributed by atoms with Gasteiger partial charge >= 0.3 is 6.09 Å². The van der Waals surface area contributed by atoms with Gasteiger partial charge in [0.1, 0.15) is 0 Å². The fraction of sp³-hybridized carbons (Fsp3) is 0.875. The third-order valence-corrected chi connectivity index (χ3v) is 9.07. The average Bonchev–Trinajstić information content (AvgIpc) is 2.68. The number of nitrogens with zero attached hydrogens (tertiary/aromatic N) is 2. The minimum atomic E-state index is -0.899. The Kier molecular flexibility index (Phi) is 5.55. The zero-order valence-electron chi connectivity index (χ0n) is 20.2. The Bertz CT molecular complexity index is 788. The number of rotatable bonds is 4. The highest BCUT2D eigenvalue weighted by molar-refractivity contribution is 5.86. The van der Waals surface area contributed by atoms with Crippen LogP contribution in [-0.4, -0.2) is 70.1 Å². The molecule has 8 nitrogen and oxygen atoms in total. The number of nitrogens with one attached hydrogen (secondary N) is 1. The zero-order valence-corrected chi connectivity index (χ0v) is 20.2. The van der Waals surface area contributed by atoms with Crippen LogP contribution in [0, 0.1) is 28.6 Å². The van der Waals surface area contributed by atoms with E-state index in [2.05, 4.69) is 10.2 Å². The topological polar surface area (TPSA) is 116 Å². The summed E-state index contributed by atoms with van der Waals surface area (Å²) in [7, 11) is 0. The highest BCUT2D eigenvalue weighted by Gasteiger charge is 2.58. The summed E-state index contributed by atoms with van der Waals surface area (Å²) < 4.78 is 0. The van der Waals surface area contributed by atoms with E-state index >= 15 is 0 Å². The number of carboxylic acid groups (broad SMARTS) is 1. The van der Waals surface area contributed by atoms with Crippen LogP contribution in [0.2, 0.25) is 0 Å². The molecule has 4 aliphatic carbocycles. The third kappa shape index (κ3) is 3.78. The quantitative estimate of drug-likeness (QED) is 0.610. The Labute approximate surface area is 191 Å². The maximum atomic E-state index is 13.6. The number of carbonyl (C=O) groups is 3. The fourth-order valence-electron chi connectivity index (χ4n) is 7.29.